The van der Waals surface area contributed by atoms with Crippen LogP contribution in [0, 0.1) is 10.1 Å². The number of hydrogen-bond donors (Lipinski definition) is 0. The number of nitro groups is 1. The predicted molar refractivity (Wildman–Crippen MR) is 88.0 cm³/mol. The molecule has 0 N–H and O–H groups in total. The molecule has 0 bridgehead atoms. The minimum atomic E-state index is -0.452. The second-order valence-corrected chi connectivity index (χ2v) is 5.51. The van der Waals surface area contributed by atoms with E-state index in [4.69, 9.17) is 16.3 Å². The summed E-state index contributed by atoms with van der Waals surface area (Å²) < 4.78 is 7.26. The third-order valence-corrected chi connectivity index (χ3v) is 3.53. The molecule has 0 aliphatic rings. The Kier molecular flexibility index (Phi) is 4.72. The molecule has 122 valence electrons. The van der Waals surface area contributed by atoms with Crippen molar-refractivity contribution >= 4 is 17.3 Å². The zero-order valence-corrected chi connectivity index (χ0v) is 13.3. The summed E-state index contributed by atoms with van der Waals surface area (Å²) in [6, 6.07) is 13.4. The molecule has 7 nitrogen and oxygen atoms in total. The van der Waals surface area contributed by atoms with Gasteiger partial charge in [-0.1, -0.05) is 28.9 Å². The van der Waals surface area contributed by atoms with Crippen molar-refractivity contribution in [2.75, 3.05) is 0 Å². The fraction of sp³-hybridized carbons (Fsp3) is 0.125. The van der Waals surface area contributed by atoms with E-state index in [1.807, 2.05) is 24.3 Å². The zero-order chi connectivity index (χ0) is 16.9. The largest absolute Gasteiger partial charge is 0.487 e. The third-order valence-electron chi connectivity index (χ3n) is 3.28. The normalized spacial score (nSPS) is 10.5. The Morgan fingerprint density at radius 2 is 1.83 bits per heavy atom. The van der Waals surface area contributed by atoms with Gasteiger partial charge in [-0.15, -0.1) is 5.10 Å². The highest BCUT2D eigenvalue weighted by Crippen LogP contribution is 2.18. The van der Waals surface area contributed by atoms with Gasteiger partial charge in [0.05, 0.1) is 17.7 Å². The topological polar surface area (TPSA) is 83.1 Å². The average Bonchev–Trinajstić information content (AvgIpc) is 3.03. The number of nitro benzene ring substituents is 1. The van der Waals surface area contributed by atoms with Gasteiger partial charge in [-0.3, -0.25) is 10.1 Å². The fourth-order valence-corrected chi connectivity index (χ4v) is 2.21. The van der Waals surface area contributed by atoms with Crippen molar-refractivity contribution < 1.29 is 9.66 Å². The Morgan fingerprint density at radius 3 is 2.50 bits per heavy atom. The van der Waals surface area contributed by atoms with Crippen LogP contribution < -0.4 is 4.74 Å². The minimum Gasteiger partial charge on any atom is -0.487 e. The number of aromatic nitrogens is 3. The third kappa shape index (κ3) is 4.08. The van der Waals surface area contributed by atoms with E-state index < -0.39 is 4.92 Å². The van der Waals surface area contributed by atoms with Crippen LogP contribution in [0.15, 0.2) is 54.7 Å². The first-order valence-electron chi connectivity index (χ1n) is 7.11. The molecule has 0 aliphatic heterocycles. The molecule has 3 aromatic rings. The Balaban J connectivity index is 1.57. The highest BCUT2D eigenvalue weighted by atomic mass is 35.5. The lowest BCUT2D eigenvalue weighted by molar-refractivity contribution is -0.384. The second kappa shape index (κ2) is 7.10. The highest BCUT2D eigenvalue weighted by Gasteiger charge is 2.06. The van der Waals surface area contributed by atoms with Crippen molar-refractivity contribution in [3.8, 4) is 5.75 Å². The maximum atomic E-state index is 10.6. The molecule has 1 heterocycles. The number of nitrogens with zero attached hydrogens (tertiary/aromatic N) is 4. The molecule has 8 heteroatoms. The van der Waals surface area contributed by atoms with Gasteiger partial charge in [0, 0.05) is 17.2 Å². The van der Waals surface area contributed by atoms with Gasteiger partial charge >= 0.3 is 0 Å². The van der Waals surface area contributed by atoms with Crippen LogP contribution in [0.2, 0.25) is 5.02 Å². The molecule has 0 saturated heterocycles. The predicted octanol–water partition coefficient (Wildman–Crippen LogP) is 3.47. The smallest absolute Gasteiger partial charge is 0.269 e. The molecule has 24 heavy (non-hydrogen) atoms. The van der Waals surface area contributed by atoms with Crippen molar-refractivity contribution in [2.24, 2.45) is 0 Å². The maximum absolute atomic E-state index is 10.6. The van der Waals surface area contributed by atoms with Gasteiger partial charge in [-0.05, 0) is 29.8 Å². The zero-order valence-electron chi connectivity index (χ0n) is 12.5. The van der Waals surface area contributed by atoms with Crippen LogP contribution in [-0.2, 0) is 13.2 Å². The number of ether oxygens (including phenoxy) is 1. The number of non-ortho nitro benzene ring substituents is 1. The Morgan fingerprint density at radius 1 is 1.12 bits per heavy atom. The van der Waals surface area contributed by atoms with E-state index in [9.17, 15) is 10.1 Å². The molecule has 0 radical (unpaired) electrons. The van der Waals surface area contributed by atoms with Crippen LogP contribution in [-0.4, -0.2) is 19.9 Å². The Labute approximate surface area is 142 Å². The number of hydrogen-bond acceptors (Lipinski definition) is 5. The molecule has 0 spiro atoms. The van der Waals surface area contributed by atoms with E-state index >= 15 is 0 Å². The molecule has 0 aliphatic carbocycles. The van der Waals surface area contributed by atoms with E-state index in [0.717, 1.165) is 5.56 Å². The van der Waals surface area contributed by atoms with E-state index in [2.05, 4.69) is 10.3 Å². The lowest BCUT2D eigenvalue weighted by Crippen LogP contribution is -2.00. The van der Waals surface area contributed by atoms with E-state index in [1.54, 1.807) is 23.0 Å². The first-order valence-corrected chi connectivity index (χ1v) is 7.49. The van der Waals surface area contributed by atoms with Crippen LogP contribution in [0.4, 0.5) is 5.69 Å². The van der Waals surface area contributed by atoms with Crippen molar-refractivity contribution in [1.82, 2.24) is 15.0 Å². The molecule has 1 aromatic heterocycles. The molecule has 2 aromatic carbocycles. The van der Waals surface area contributed by atoms with Crippen LogP contribution in [0.1, 0.15) is 11.3 Å². The molecule has 3 rings (SSSR count). The molecule has 0 unspecified atom stereocenters. The van der Waals surface area contributed by atoms with Gasteiger partial charge in [0.2, 0.25) is 0 Å². The van der Waals surface area contributed by atoms with Crippen LogP contribution in [0.3, 0.4) is 0 Å². The molecule has 0 amide bonds. The van der Waals surface area contributed by atoms with Gasteiger partial charge < -0.3 is 4.74 Å². The van der Waals surface area contributed by atoms with Gasteiger partial charge in [0.25, 0.3) is 5.69 Å². The average molecular weight is 345 g/mol. The van der Waals surface area contributed by atoms with Gasteiger partial charge in [0.15, 0.2) is 0 Å². The standard InChI is InChI=1S/C16H13ClN4O3/c17-13-3-1-12(2-4-13)9-20-10-14(18-19-20)11-24-16-7-5-15(6-8-16)21(22)23/h1-8,10H,9,11H2. The summed E-state index contributed by atoms with van der Waals surface area (Å²) in [6.45, 7) is 0.820. The minimum absolute atomic E-state index is 0.0243. The highest BCUT2D eigenvalue weighted by molar-refractivity contribution is 6.30. The molecule has 0 saturated carbocycles. The fourth-order valence-electron chi connectivity index (χ4n) is 2.08. The van der Waals surface area contributed by atoms with Gasteiger partial charge in [0.1, 0.15) is 18.1 Å². The molecular formula is C16H13ClN4O3. The maximum Gasteiger partial charge on any atom is 0.269 e. The van der Waals surface area contributed by atoms with E-state index in [0.29, 0.717) is 23.0 Å². The quantitative estimate of drug-likeness (QED) is 0.505. The van der Waals surface area contributed by atoms with E-state index in [-0.39, 0.29) is 12.3 Å². The van der Waals surface area contributed by atoms with Crippen molar-refractivity contribution in [3.05, 3.63) is 81.1 Å². The van der Waals surface area contributed by atoms with Gasteiger partial charge in [-0.2, -0.15) is 0 Å². The van der Waals surface area contributed by atoms with Crippen LogP contribution in [0.25, 0.3) is 0 Å². The van der Waals surface area contributed by atoms with Crippen LogP contribution in [0.5, 0.6) is 5.75 Å². The number of rotatable bonds is 6. The summed E-state index contributed by atoms with van der Waals surface area (Å²) in [7, 11) is 0. The summed E-state index contributed by atoms with van der Waals surface area (Å²) in [5.41, 5.74) is 1.76. The number of benzene rings is 2. The molecule has 0 fully saturated rings. The first kappa shape index (κ1) is 15.9. The van der Waals surface area contributed by atoms with E-state index in [1.165, 1.54) is 12.1 Å². The molecular weight excluding hydrogens is 332 g/mol. The Hall–Kier alpha value is -2.93. The second-order valence-electron chi connectivity index (χ2n) is 5.07. The van der Waals surface area contributed by atoms with Crippen molar-refractivity contribution in [3.63, 3.8) is 0 Å². The van der Waals surface area contributed by atoms with Gasteiger partial charge in [-0.25, -0.2) is 4.68 Å². The summed E-state index contributed by atoms with van der Waals surface area (Å²) in [4.78, 5) is 10.1. The Bertz CT molecular complexity index is 831. The summed E-state index contributed by atoms with van der Waals surface area (Å²) in [6.07, 6.45) is 1.79. The van der Waals surface area contributed by atoms with Crippen molar-refractivity contribution in [2.45, 2.75) is 13.2 Å². The van der Waals surface area contributed by atoms with Crippen molar-refractivity contribution in [1.29, 1.82) is 0 Å². The lowest BCUT2D eigenvalue weighted by atomic mass is 10.2. The summed E-state index contributed by atoms with van der Waals surface area (Å²) in [5, 5.41) is 19.4. The SMILES string of the molecule is O=[N+]([O-])c1ccc(OCc2cn(Cc3ccc(Cl)cc3)nn2)cc1. The van der Waals surface area contributed by atoms with Crippen LogP contribution >= 0.6 is 11.6 Å². The number of halogens is 1. The first-order chi connectivity index (χ1) is 11.6. The summed E-state index contributed by atoms with van der Waals surface area (Å²) >= 11 is 5.86. The monoisotopic (exact) mass is 344 g/mol. The summed E-state index contributed by atoms with van der Waals surface area (Å²) in [5.74, 6) is 0.535. The molecule has 0 atom stereocenters. The lowest BCUT2D eigenvalue weighted by Gasteiger charge is -2.03.